The van der Waals surface area contributed by atoms with Gasteiger partial charge in [-0.1, -0.05) is 23.4 Å². The number of anilines is 1. The fourth-order valence-corrected chi connectivity index (χ4v) is 4.30. The van der Waals surface area contributed by atoms with Crippen LogP contribution in [0.1, 0.15) is 0 Å². The number of thiazole rings is 1. The molecular formula is C24H17N5O3S. The minimum Gasteiger partial charge on any atom is -0.457 e. The summed E-state index contributed by atoms with van der Waals surface area (Å²) in [6.07, 6.45) is 0. The molecule has 162 valence electrons. The first-order valence-electron chi connectivity index (χ1n) is 10.1. The number of hydrogen-bond donors (Lipinski definition) is 1. The molecule has 1 aliphatic heterocycles. The van der Waals surface area contributed by atoms with E-state index < -0.39 is 0 Å². The lowest BCUT2D eigenvalue weighted by Crippen LogP contribution is -2.02. The summed E-state index contributed by atoms with van der Waals surface area (Å²) in [6.45, 7) is 0.236. The zero-order valence-electron chi connectivity index (χ0n) is 17.2. The van der Waals surface area contributed by atoms with Crippen LogP contribution in [0.25, 0.3) is 27.6 Å². The first-order chi connectivity index (χ1) is 16.2. The maximum atomic E-state index is 6.39. The Kier molecular flexibility index (Phi) is 4.66. The monoisotopic (exact) mass is 455 g/mol. The van der Waals surface area contributed by atoms with Gasteiger partial charge in [-0.25, -0.2) is 4.98 Å². The van der Waals surface area contributed by atoms with E-state index in [1.54, 1.807) is 4.68 Å². The SMILES string of the molecule is Nc1c(-c2nc(-c3ccc4c(c3)OCO4)cs2)nnn1-c1ccc(Oc2ccccc2)cc1. The molecule has 0 atom stereocenters. The van der Waals surface area contributed by atoms with Crippen molar-refractivity contribution in [3.63, 3.8) is 0 Å². The molecule has 5 aromatic rings. The van der Waals surface area contributed by atoms with E-state index in [9.17, 15) is 0 Å². The lowest BCUT2D eigenvalue weighted by molar-refractivity contribution is 0.174. The topological polar surface area (TPSA) is 97.3 Å². The third-order valence-electron chi connectivity index (χ3n) is 5.14. The van der Waals surface area contributed by atoms with E-state index in [-0.39, 0.29) is 6.79 Å². The summed E-state index contributed by atoms with van der Waals surface area (Å²) in [5.41, 5.74) is 9.45. The second-order valence-corrected chi connectivity index (χ2v) is 8.11. The molecule has 2 N–H and O–H groups in total. The molecule has 6 rings (SSSR count). The normalized spacial score (nSPS) is 12.1. The largest absolute Gasteiger partial charge is 0.457 e. The third-order valence-corrected chi connectivity index (χ3v) is 5.99. The summed E-state index contributed by atoms with van der Waals surface area (Å²) >= 11 is 1.46. The molecule has 0 aliphatic carbocycles. The molecule has 9 heteroatoms. The van der Waals surface area contributed by atoms with Crippen molar-refractivity contribution < 1.29 is 14.2 Å². The number of rotatable bonds is 5. The van der Waals surface area contributed by atoms with Crippen LogP contribution in [0.4, 0.5) is 5.82 Å². The van der Waals surface area contributed by atoms with Gasteiger partial charge >= 0.3 is 0 Å². The molecule has 2 aromatic heterocycles. The highest BCUT2D eigenvalue weighted by Crippen LogP contribution is 2.37. The highest BCUT2D eigenvalue weighted by molar-refractivity contribution is 7.13. The molecule has 8 nitrogen and oxygen atoms in total. The number of hydrogen-bond acceptors (Lipinski definition) is 8. The molecule has 0 amide bonds. The number of aromatic nitrogens is 4. The van der Waals surface area contributed by atoms with Crippen molar-refractivity contribution >= 4 is 17.2 Å². The number of para-hydroxylation sites is 1. The Morgan fingerprint density at radius 1 is 0.909 bits per heavy atom. The number of nitrogens with zero attached hydrogens (tertiary/aromatic N) is 4. The summed E-state index contributed by atoms with van der Waals surface area (Å²) in [6, 6.07) is 22.9. The zero-order valence-corrected chi connectivity index (χ0v) is 18.0. The van der Waals surface area contributed by atoms with Crippen molar-refractivity contribution in [1.29, 1.82) is 0 Å². The van der Waals surface area contributed by atoms with Crippen molar-refractivity contribution in [3.8, 4) is 50.6 Å². The minimum absolute atomic E-state index is 0.236. The van der Waals surface area contributed by atoms with Gasteiger partial charge in [0.05, 0.1) is 11.4 Å². The van der Waals surface area contributed by atoms with Crippen LogP contribution in [-0.4, -0.2) is 26.8 Å². The Balaban J connectivity index is 1.24. The third kappa shape index (κ3) is 3.64. The smallest absolute Gasteiger partial charge is 0.231 e. The Morgan fingerprint density at radius 3 is 2.55 bits per heavy atom. The van der Waals surface area contributed by atoms with Crippen LogP contribution in [0.3, 0.4) is 0 Å². The van der Waals surface area contributed by atoms with Crippen molar-refractivity contribution in [3.05, 3.63) is 78.2 Å². The van der Waals surface area contributed by atoms with Gasteiger partial charge in [0.25, 0.3) is 0 Å². The molecule has 3 aromatic carbocycles. The van der Waals surface area contributed by atoms with Gasteiger partial charge in [0.2, 0.25) is 6.79 Å². The van der Waals surface area contributed by atoms with E-state index in [1.165, 1.54) is 11.3 Å². The van der Waals surface area contributed by atoms with E-state index in [0.717, 1.165) is 34.2 Å². The molecule has 0 unspecified atom stereocenters. The highest BCUT2D eigenvalue weighted by Gasteiger charge is 2.19. The van der Waals surface area contributed by atoms with Crippen LogP contribution in [0.2, 0.25) is 0 Å². The molecular weight excluding hydrogens is 438 g/mol. The number of nitrogens with two attached hydrogens (primary N) is 1. The molecule has 33 heavy (non-hydrogen) atoms. The lowest BCUT2D eigenvalue weighted by atomic mass is 10.1. The van der Waals surface area contributed by atoms with Crippen molar-refractivity contribution in [1.82, 2.24) is 20.0 Å². The molecule has 1 aliphatic rings. The minimum atomic E-state index is 0.236. The van der Waals surface area contributed by atoms with Gasteiger partial charge in [0.15, 0.2) is 23.0 Å². The predicted molar refractivity (Wildman–Crippen MR) is 125 cm³/mol. The van der Waals surface area contributed by atoms with Gasteiger partial charge < -0.3 is 19.9 Å². The summed E-state index contributed by atoms with van der Waals surface area (Å²) in [5.74, 6) is 3.36. The van der Waals surface area contributed by atoms with Gasteiger partial charge in [0.1, 0.15) is 16.5 Å². The van der Waals surface area contributed by atoms with Crippen LogP contribution in [0.15, 0.2) is 78.2 Å². The number of fused-ring (bicyclic) bond motifs is 1. The standard InChI is InChI=1S/C24H17N5O3S/c25-23-22(24-26-19(13-33-24)15-6-11-20-21(12-15)31-14-30-20)27-28-29(23)16-7-9-18(10-8-16)32-17-4-2-1-3-5-17/h1-13H,14,25H2. The Hall–Kier alpha value is -4.37. The molecule has 0 saturated heterocycles. The molecule has 0 saturated carbocycles. The molecule has 3 heterocycles. The highest BCUT2D eigenvalue weighted by atomic mass is 32.1. The van der Waals surface area contributed by atoms with Gasteiger partial charge in [-0.15, -0.1) is 16.4 Å². The van der Waals surface area contributed by atoms with Gasteiger partial charge in [-0.05, 0) is 54.6 Å². The molecule has 0 bridgehead atoms. The lowest BCUT2D eigenvalue weighted by Gasteiger charge is -2.07. The quantitative estimate of drug-likeness (QED) is 0.391. The average molecular weight is 455 g/mol. The Labute approximate surface area is 192 Å². The van der Waals surface area contributed by atoms with Gasteiger partial charge in [-0.3, -0.25) is 0 Å². The van der Waals surface area contributed by atoms with Crippen LogP contribution in [0.5, 0.6) is 23.0 Å². The maximum absolute atomic E-state index is 6.39. The molecule has 0 fully saturated rings. The zero-order chi connectivity index (χ0) is 22.2. The van der Waals surface area contributed by atoms with E-state index in [2.05, 4.69) is 10.3 Å². The van der Waals surface area contributed by atoms with Crippen molar-refractivity contribution in [2.24, 2.45) is 0 Å². The van der Waals surface area contributed by atoms with E-state index in [0.29, 0.717) is 22.3 Å². The second-order valence-electron chi connectivity index (χ2n) is 7.25. The van der Waals surface area contributed by atoms with E-state index >= 15 is 0 Å². The first kappa shape index (κ1) is 19.3. The summed E-state index contributed by atoms with van der Waals surface area (Å²) < 4.78 is 18.3. The molecule has 0 radical (unpaired) electrons. The second kappa shape index (κ2) is 7.95. The van der Waals surface area contributed by atoms with E-state index in [1.807, 2.05) is 78.2 Å². The number of ether oxygens (including phenoxy) is 3. The fraction of sp³-hybridized carbons (Fsp3) is 0.0417. The van der Waals surface area contributed by atoms with Crippen molar-refractivity contribution in [2.75, 3.05) is 12.5 Å². The summed E-state index contributed by atoms with van der Waals surface area (Å²) in [7, 11) is 0. The summed E-state index contributed by atoms with van der Waals surface area (Å²) in [4.78, 5) is 4.71. The van der Waals surface area contributed by atoms with Crippen LogP contribution >= 0.6 is 11.3 Å². The summed E-state index contributed by atoms with van der Waals surface area (Å²) in [5, 5.41) is 11.2. The first-order valence-corrected chi connectivity index (χ1v) is 11.0. The number of nitrogen functional groups attached to an aromatic ring is 1. The fourth-order valence-electron chi connectivity index (χ4n) is 3.48. The molecule has 0 spiro atoms. The number of benzene rings is 3. The van der Waals surface area contributed by atoms with Crippen LogP contribution in [-0.2, 0) is 0 Å². The van der Waals surface area contributed by atoms with Gasteiger partial charge in [0, 0.05) is 10.9 Å². The Morgan fingerprint density at radius 2 is 1.70 bits per heavy atom. The van der Waals surface area contributed by atoms with Crippen LogP contribution in [0, 0.1) is 0 Å². The maximum Gasteiger partial charge on any atom is 0.231 e. The van der Waals surface area contributed by atoms with E-state index in [4.69, 9.17) is 24.9 Å². The predicted octanol–water partition coefficient (Wildman–Crippen LogP) is 5.16. The van der Waals surface area contributed by atoms with Gasteiger partial charge in [-0.2, -0.15) is 4.68 Å². The Bertz CT molecular complexity index is 1430. The van der Waals surface area contributed by atoms with Crippen molar-refractivity contribution in [2.45, 2.75) is 0 Å². The van der Waals surface area contributed by atoms with Crippen LogP contribution < -0.4 is 19.9 Å². The average Bonchev–Trinajstić information content (AvgIpc) is 3.59.